The highest BCUT2D eigenvalue weighted by Crippen LogP contribution is 2.15. The Bertz CT molecular complexity index is 918. The molecule has 5 heteroatoms. The standard InChI is InChI=1S/C22H19BrN2O2/c1-16-2-8-19(9-3-16)22(26)25-24-14-17-6-12-21(13-7-17)27-15-18-4-10-20(23)11-5-18/h2-14H,15H2,1H3,(H,25,26)/b24-14+. The van der Waals surface area contributed by atoms with Crippen molar-refractivity contribution in [1.29, 1.82) is 0 Å². The Labute approximate surface area is 167 Å². The Hall–Kier alpha value is -2.92. The third kappa shape index (κ3) is 5.79. The molecule has 0 saturated heterocycles. The second-order valence-electron chi connectivity index (χ2n) is 6.05. The Morgan fingerprint density at radius 2 is 1.67 bits per heavy atom. The van der Waals surface area contributed by atoms with Crippen molar-refractivity contribution in [1.82, 2.24) is 5.43 Å². The largest absolute Gasteiger partial charge is 0.489 e. The lowest BCUT2D eigenvalue weighted by molar-refractivity contribution is 0.0955. The lowest BCUT2D eigenvalue weighted by Crippen LogP contribution is -2.17. The molecular formula is C22H19BrN2O2. The Morgan fingerprint density at radius 1 is 1.00 bits per heavy atom. The molecular weight excluding hydrogens is 404 g/mol. The van der Waals surface area contributed by atoms with Gasteiger partial charge in [-0.1, -0.05) is 45.8 Å². The molecule has 0 atom stereocenters. The summed E-state index contributed by atoms with van der Waals surface area (Å²) in [5.74, 6) is 0.541. The summed E-state index contributed by atoms with van der Waals surface area (Å²) in [5, 5.41) is 4.00. The lowest BCUT2D eigenvalue weighted by atomic mass is 10.1. The summed E-state index contributed by atoms with van der Waals surface area (Å²) in [5.41, 5.74) is 6.19. The van der Waals surface area contributed by atoms with Crippen LogP contribution in [0.15, 0.2) is 82.4 Å². The first-order chi connectivity index (χ1) is 13.1. The van der Waals surface area contributed by atoms with E-state index in [1.54, 1.807) is 18.3 Å². The number of carbonyl (C=O) groups is 1. The van der Waals surface area contributed by atoms with E-state index in [9.17, 15) is 4.79 Å². The Kier molecular flexibility index (Phi) is 6.39. The van der Waals surface area contributed by atoms with Gasteiger partial charge in [0.25, 0.3) is 5.91 Å². The highest BCUT2D eigenvalue weighted by atomic mass is 79.9. The van der Waals surface area contributed by atoms with Crippen molar-refractivity contribution in [2.75, 3.05) is 0 Å². The Balaban J connectivity index is 1.50. The molecule has 0 aromatic heterocycles. The van der Waals surface area contributed by atoms with Crippen LogP contribution < -0.4 is 10.2 Å². The molecule has 3 rings (SSSR count). The van der Waals surface area contributed by atoms with Crippen LogP contribution in [-0.4, -0.2) is 12.1 Å². The molecule has 136 valence electrons. The normalized spacial score (nSPS) is 10.7. The number of hydrazone groups is 1. The first kappa shape index (κ1) is 18.9. The van der Waals surface area contributed by atoms with Gasteiger partial charge < -0.3 is 4.74 Å². The molecule has 0 unspecified atom stereocenters. The highest BCUT2D eigenvalue weighted by Gasteiger charge is 2.02. The van der Waals surface area contributed by atoms with Crippen LogP contribution in [0.3, 0.4) is 0 Å². The van der Waals surface area contributed by atoms with Crippen LogP contribution in [-0.2, 0) is 6.61 Å². The fourth-order valence-electron chi connectivity index (χ4n) is 2.33. The van der Waals surface area contributed by atoms with E-state index < -0.39 is 0 Å². The van der Waals surface area contributed by atoms with E-state index >= 15 is 0 Å². The Morgan fingerprint density at radius 3 is 2.33 bits per heavy atom. The average Bonchev–Trinajstić information content (AvgIpc) is 2.69. The fourth-order valence-corrected chi connectivity index (χ4v) is 2.60. The van der Waals surface area contributed by atoms with Gasteiger partial charge in [-0.15, -0.1) is 0 Å². The van der Waals surface area contributed by atoms with Crippen LogP contribution in [0.2, 0.25) is 0 Å². The molecule has 0 bridgehead atoms. The van der Waals surface area contributed by atoms with Crippen molar-refractivity contribution in [2.45, 2.75) is 13.5 Å². The topological polar surface area (TPSA) is 50.7 Å². The van der Waals surface area contributed by atoms with Crippen LogP contribution in [0.25, 0.3) is 0 Å². The molecule has 0 aliphatic carbocycles. The SMILES string of the molecule is Cc1ccc(C(=O)N/N=C/c2ccc(OCc3ccc(Br)cc3)cc2)cc1. The minimum Gasteiger partial charge on any atom is -0.489 e. The van der Waals surface area contributed by atoms with E-state index in [1.165, 1.54) is 0 Å². The number of benzene rings is 3. The van der Waals surface area contributed by atoms with Gasteiger partial charge in [0.2, 0.25) is 0 Å². The van der Waals surface area contributed by atoms with Crippen LogP contribution in [0, 0.1) is 6.92 Å². The number of amides is 1. The van der Waals surface area contributed by atoms with Crippen molar-refractivity contribution < 1.29 is 9.53 Å². The molecule has 0 saturated carbocycles. The summed E-state index contributed by atoms with van der Waals surface area (Å²) >= 11 is 3.42. The summed E-state index contributed by atoms with van der Waals surface area (Å²) in [4.78, 5) is 12.0. The molecule has 0 aliphatic heterocycles. The van der Waals surface area contributed by atoms with Crippen molar-refractivity contribution >= 4 is 28.1 Å². The summed E-state index contributed by atoms with van der Waals surface area (Å²) in [6.45, 7) is 2.49. The van der Waals surface area contributed by atoms with Gasteiger partial charge in [0.05, 0.1) is 6.21 Å². The number of nitrogens with one attached hydrogen (secondary N) is 1. The summed E-state index contributed by atoms with van der Waals surface area (Å²) < 4.78 is 6.81. The van der Waals surface area contributed by atoms with Gasteiger partial charge in [-0.25, -0.2) is 5.43 Å². The predicted molar refractivity (Wildman–Crippen MR) is 111 cm³/mol. The van der Waals surface area contributed by atoms with Crippen molar-refractivity contribution in [3.05, 3.63) is 99.5 Å². The monoisotopic (exact) mass is 422 g/mol. The zero-order chi connectivity index (χ0) is 19.1. The summed E-state index contributed by atoms with van der Waals surface area (Å²) in [6, 6.07) is 22.9. The average molecular weight is 423 g/mol. The molecule has 27 heavy (non-hydrogen) atoms. The van der Waals surface area contributed by atoms with E-state index in [1.807, 2.05) is 67.6 Å². The number of aryl methyl sites for hydroxylation is 1. The van der Waals surface area contributed by atoms with Gasteiger partial charge in [-0.2, -0.15) is 5.10 Å². The minimum atomic E-state index is -0.235. The van der Waals surface area contributed by atoms with Crippen molar-refractivity contribution in [3.8, 4) is 5.75 Å². The maximum atomic E-state index is 12.0. The number of carbonyl (C=O) groups excluding carboxylic acids is 1. The van der Waals surface area contributed by atoms with Gasteiger partial charge in [0, 0.05) is 10.0 Å². The van der Waals surface area contributed by atoms with Gasteiger partial charge >= 0.3 is 0 Å². The zero-order valence-electron chi connectivity index (χ0n) is 14.9. The predicted octanol–water partition coefficient (Wildman–Crippen LogP) is 5.10. The fraction of sp³-hybridized carbons (Fsp3) is 0.0909. The molecule has 4 nitrogen and oxygen atoms in total. The second-order valence-corrected chi connectivity index (χ2v) is 6.97. The number of nitrogens with zero attached hydrogens (tertiary/aromatic N) is 1. The second kappa shape index (κ2) is 9.14. The van der Waals surface area contributed by atoms with Gasteiger partial charge in [-0.05, 0) is 66.6 Å². The van der Waals surface area contributed by atoms with Gasteiger partial charge in [0.15, 0.2) is 0 Å². The molecule has 0 heterocycles. The summed E-state index contributed by atoms with van der Waals surface area (Å²) in [7, 11) is 0. The smallest absolute Gasteiger partial charge is 0.271 e. The molecule has 0 spiro atoms. The quantitative estimate of drug-likeness (QED) is 0.443. The maximum absolute atomic E-state index is 12.0. The van der Waals surface area contributed by atoms with Crippen molar-refractivity contribution in [3.63, 3.8) is 0 Å². The number of ether oxygens (including phenoxy) is 1. The number of hydrogen-bond donors (Lipinski definition) is 1. The van der Waals surface area contributed by atoms with E-state index in [0.717, 1.165) is 26.9 Å². The molecule has 1 amide bonds. The zero-order valence-corrected chi connectivity index (χ0v) is 16.4. The number of halogens is 1. The first-order valence-corrected chi connectivity index (χ1v) is 9.27. The third-order valence-corrected chi connectivity index (χ3v) is 4.42. The van der Waals surface area contributed by atoms with Gasteiger partial charge in [0.1, 0.15) is 12.4 Å². The summed E-state index contributed by atoms with van der Waals surface area (Å²) in [6.07, 6.45) is 1.60. The molecule has 3 aromatic carbocycles. The number of hydrogen-bond acceptors (Lipinski definition) is 3. The molecule has 0 fully saturated rings. The molecule has 1 N–H and O–H groups in total. The van der Waals surface area contributed by atoms with E-state index in [-0.39, 0.29) is 5.91 Å². The molecule has 0 aliphatic rings. The van der Waals surface area contributed by atoms with Crippen LogP contribution in [0.1, 0.15) is 27.0 Å². The van der Waals surface area contributed by atoms with Gasteiger partial charge in [-0.3, -0.25) is 4.79 Å². The van der Waals surface area contributed by atoms with Crippen LogP contribution in [0.4, 0.5) is 0 Å². The first-order valence-electron chi connectivity index (χ1n) is 8.47. The van der Waals surface area contributed by atoms with Crippen LogP contribution in [0.5, 0.6) is 5.75 Å². The third-order valence-electron chi connectivity index (χ3n) is 3.89. The van der Waals surface area contributed by atoms with Crippen molar-refractivity contribution in [2.24, 2.45) is 5.10 Å². The lowest BCUT2D eigenvalue weighted by Gasteiger charge is -2.06. The molecule has 0 radical (unpaired) electrons. The highest BCUT2D eigenvalue weighted by molar-refractivity contribution is 9.10. The molecule has 3 aromatic rings. The van der Waals surface area contributed by atoms with Crippen LogP contribution >= 0.6 is 15.9 Å². The number of rotatable bonds is 6. The maximum Gasteiger partial charge on any atom is 0.271 e. The van der Waals surface area contributed by atoms with E-state index in [2.05, 4.69) is 26.5 Å². The van der Waals surface area contributed by atoms with E-state index in [0.29, 0.717) is 12.2 Å². The van der Waals surface area contributed by atoms with E-state index in [4.69, 9.17) is 4.74 Å². The minimum absolute atomic E-state index is 0.235.